The third-order valence-corrected chi connectivity index (χ3v) is 4.52. The maximum Gasteiger partial charge on any atom is 0.246 e. The predicted molar refractivity (Wildman–Crippen MR) is 95.7 cm³/mol. The summed E-state index contributed by atoms with van der Waals surface area (Å²) in [7, 11) is 3.20. The maximum absolute atomic E-state index is 12.5. The smallest absolute Gasteiger partial charge is 0.246 e. The first-order chi connectivity index (χ1) is 12.2. The zero-order chi connectivity index (χ0) is 17.6. The predicted octanol–water partition coefficient (Wildman–Crippen LogP) is 2.85. The molecule has 1 aromatic heterocycles. The van der Waals surface area contributed by atoms with E-state index in [4.69, 9.17) is 9.47 Å². The number of amides is 1. The summed E-state index contributed by atoms with van der Waals surface area (Å²) in [6.07, 6.45) is 7.26. The Morgan fingerprint density at radius 2 is 2.12 bits per heavy atom. The number of nitrogens with zero attached hydrogens (tertiary/aromatic N) is 2. The van der Waals surface area contributed by atoms with Crippen molar-refractivity contribution in [2.45, 2.75) is 18.8 Å². The number of hydrogen-bond acceptors (Lipinski definition) is 4. The number of rotatable bonds is 5. The number of aromatic nitrogens is 2. The van der Waals surface area contributed by atoms with Crippen LogP contribution in [0.15, 0.2) is 36.5 Å². The van der Waals surface area contributed by atoms with E-state index in [9.17, 15) is 4.79 Å². The number of ether oxygens (including phenoxy) is 2. The van der Waals surface area contributed by atoms with Crippen LogP contribution in [-0.4, -0.2) is 48.3 Å². The summed E-state index contributed by atoms with van der Waals surface area (Å²) in [5.74, 6) is 1.67. The van der Waals surface area contributed by atoms with Crippen molar-refractivity contribution in [2.24, 2.45) is 0 Å². The number of nitrogens with one attached hydrogen (secondary N) is 1. The highest BCUT2D eigenvalue weighted by Gasteiger charge is 2.24. The van der Waals surface area contributed by atoms with E-state index >= 15 is 0 Å². The molecule has 2 heterocycles. The van der Waals surface area contributed by atoms with Gasteiger partial charge in [0.2, 0.25) is 5.91 Å². The summed E-state index contributed by atoms with van der Waals surface area (Å²) in [5, 5.41) is 7.03. The molecule has 1 amide bonds. The van der Waals surface area contributed by atoms with Crippen LogP contribution in [0.3, 0.4) is 0 Å². The maximum atomic E-state index is 12.5. The highest BCUT2D eigenvalue weighted by molar-refractivity contribution is 5.92. The first-order valence-corrected chi connectivity index (χ1v) is 8.39. The Labute approximate surface area is 147 Å². The van der Waals surface area contributed by atoms with Gasteiger partial charge in [-0.05, 0) is 42.7 Å². The van der Waals surface area contributed by atoms with Gasteiger partial charge in [-0.15, -0.1) is 0 Å². The minimum absolute atomic E-state index is 0.0269. The van der Waals surface area contributed by atoms with Crippen molar-refractivity contribution < 1.29 is 14.3 Å². The van der Waals surface area contributed by atoms with E-state index in [1.807, 2.05) is 35.2 Å². The van der Waals surface area contributed by atoms with Gasteiger partial charge in [0.05, 0.1) is 14.2 Å². The Morgan fingerprint density at radius 1 is 1.28 bits per heavy atom. The Hall–Kier alpha value is -2.76. The zero-order valence-electron chi connectivity index (χ0n) is 14.6. The van der Waals surface area contributed by atoms with Crippen molar-refractivity contribution in [3.8, 4) is 11.5 Å². The van der Waals surface area contributed by atoms with Gasteiger partial charge in [0, 0.05) is 37.0 Å². The summed E-state index contributed by atoms with van der Waals surface area (Å²) < 4.78 is 10.5. The number of hydrogen-bond donors (Lipinski definition) is 1. The van der Waals surface area contributed by atoms with Gasteiger partial charge < -0.3 is 14.4 Å². The molecule has 1 unspecified atom stereocenters. The topological polar surface area (TPSA) is 67.5 Å². The molecule has 1 aromatic carbocycles. The van der Waals surface area contributed by atoms with Crippen LogP contribution in [0.2, 0.25) is 0 Å². The number of methoxy groups -OCH3 is 2. The molecule has 6 nitrogen and oxygen atoms in total. The molecule has 1 aliphatic heterocycles. The summed E-state index contributed by atoms with van der Waals surface area (Å²) in [4.78, 5) is 14.4. The number of H-pyrrole nitrogens is 1. The summed E-state index contributed by atoms with van der Waals surface area (Å²) in [5.41, 5.74) is 1.99. The number of piperidine rings is 1. The number of aromatic amines is 1. The van der Waals surface area contributed by atoms with Gasteiger partial charge in [-0.2, -0.15) is 5.10 Å². The molecule has 1 saturated heterocycles. The van der Waals surface area contributed by atoms with Crippen LogP contribution >= 0.6 is 0 Å². The van der Waals surface area contributed by atoms with Crippen LogP contribution < -0.4 is 9.47 Å². The highest BCUT2D eigenvalue weighted by Crippen LogP contribution is 2.28. The van der Waals surface area contributed by atoms with Crippen LogP contribution in [-0.2, 0) is 4.79 Å². The lowest BCUT2D eigenvalue weighted by molar-refractivity contribution is -0.127. The van der Waals surface area contributed by atoms with Gasteiger partial charge in [0.15, 0.2) is 11.5 Å². The van der Waals surface area contributed by atoms with Crippen LogP contribution in [0.5, 0.6) is 11.5 Å². The van der Waals surface area contributed by atoms with E-state index < -0.39 is 0 Å². The normalized spacial score (nSPS) is 17.7. The second kappa shape index (κ2) is 7.88. The third kappa shape index (κ3) is 4.02. The lowest BCUT2D eigenvalue weighted by Crippen LogP contribution is -2.38. The molecule has 2 aromatic rings. The second-order valence-electron chi connectivity index (χ2n) is 6.08. The van der Waals surface area contributed by atoms with Crippen molar-refractivity contribution in [1.82, 2.24) is 15.1 Å². The van der Waals surface area contributed by atoms with Crippen LogP contribution in [0, 0.1) is 0 Å². The Morgan fingerprint density at radius 3 is 2.84 bits per heavy atom. The molecule has 0 aliphatic carbocycles. The van der Waals surface area contributed by atoms with Crippen LogP contribution in [0.25, 0.3) is 6.08 Å². The molecular weight excluding hydrogens is 318 g/mol. The van der Waals surface area contributed by atoms with E-state index in [1.54, 1.807) is 26.5 Å². The monoisotopic (exact) mass is 341 g/mol. The average molecular weight is 341 g/mol. The average Bonchev–Trinajstić information content (AvgIpc) is 3.20. The third-order valence-electron chi connectivity index (χ3n) is 4.52. The molecule has 1 aliphatic rings. The molecule has 3 rings (SSSR count). The molecule has 6 heteroatoms. The molecule has 0 spiro atoms. The Kier molecular flexibility index (Phi) is 5.38. The molecule has 0 radical (unpaired) electrons. The first-order valence-electron chi connectivity index (χ1n) is 8.39. The fraction of sp³-hybridized carbons (Fsp3) is 0.368. The Balaban J connectivity index is 1.66. The number of carbonyl (C=O) groups excluding carboxylic acids is 1. The molecule has 0 saturated carbocycles. The minimum Gasteiger partial charge on any atom is -0.493 e. The van der Waals surface area contributed by atoms with Crippen molar-refractivity contribution in [3.63, 3.8) is 0 Å². The van der Waals surface area contributed by atoms with Gasteiger partial charge in [0.1, 0.15) is 0 Å². The zero-order valence-corrected chi connectivity index (χ0v) is 14.6. The molecule has 1 atom stereocenters. The first kappa shape index (κ1) is 17.1. The van der Waals surface area contributed by atoms with Gasteiger partial charge in [0.25, 0.3) is 0 Å². The Bertz CT molecular complexity index is 740. The van der Waals surface area contributed by atoms with Gasteiger partial charge in [-0.1, -0.05) is 6.07 Å². The van der Waals surface area contributed by atoms with E-state index in [0.29, 0.717) is 17.4 Å². The van der Waals surface area contributed by atoms with Crippen molar-refractivity contribution in [3.05, 3.63) is 47.8 Å². The van der Waals surface area contributed by atoms with Crippen molar-refractivity contribution in [2.75, 3.05) is 27.3 Å². The summed E-state index contributed by atoms with van der Waals surface area (Å²) in [6, 6.07) is 7.57. The fourth-order valence-corrected chi connectivity index (χ4v) is 3.15. The largest absolute Gasteiger partial charge is 0.493 e. The number of carbonyl (C=O) groups is 1. The highest BCUT2D eigenvalue weighted by atomic mass is 16.5. The van der Waals surface area contributed by atoms with E-state index in [2.05, 4.69) is 10.2 Å². The van der Waals surface area contributed by atoms with Crippen LogP contribution in [0.4, 0.5) is 0 Å². The number of benzene rings is 1. The summed E-state index contributed by atoms with van der Waals surface area (Å²) >= 11 is 0. The van der Waals surface area contributed by atoms with Gasteiger partial charge in [-0.25, -0.2) is 0 Å². The van der Waals surface area contributed by atoms with Crippen molar-refractivity contribution in [1.29, 1.82) is 0 Å². The minimum atomic E-state index is 0.0269. The van der Waals surface area contributed by atoms with Gasteiger partial charge in [-0.3, -0.25) is 9.89 Å². The van der Waals surface area contributed by atoms with E-state index in [-0.39, 0.29) is 5.91 Å². The standard InChI is InChI=1S/C19H23N3O3/c1-24-17-7-5-14(12-18(17)25-2)6-8-19(23)22-11-3-4-15(13-22)16-9-10-20-21-16/h5-10,12,15H,3-4,11,13H2,1-2H3,(H,20,21)/b8-6+. The molecule has 132 valence electrons. The molecule has 25 heavy (non-hydrogen) atoms. The molecule has 1 N–H and O–H groups in total. The van der Waals surface area contributed by atoms with Crippen molar-refractivity contribution >= 4 is 12.0 Å². The van der Waals surface area contributed by atoms with E-state index in [1.165, 1.54) is 0 Å². The van der Waals surface area contributed by atoms with Gasteiger partial charge >= 0.3 is 0 Å². The molecular formula is C19H23N3O3. The molecule has 1 fully saturated rings. The quantitative estimate of drug-likeness (QED) is 0.849. The fourth-order valence-electron chi connectivity index (χ4n) is 3.15. The van der Waals surface area contributed by atoms with E-state index in [0.717, 1.165) is 37.2 Å². The second-order valence-corrected chi connectivity index (χ2v) is 6.08. The number of likely N-dealkylation sites (tertiary alicyclic amines) is 1. The SMILES string of the molecule is COc1ccc(/C=C/C(=O)N2CCCC(c3ccn[nH]3)C2)cc1OC. The lowest BCUT2D eigenvalue weighted by atomic mass is 9.95. The summed E-state index contributed by atoms with van der Waals surface area (Å²) in [6.45, 7) is 1.51. The lowest BCUT2D eigenvalue weighted by Gasteiger charge is -2.31. The molecule has 0 bridgehead atoms. The van der Waals surface area contributed by atoms with Crippen LogP contribution in [0.1, 0.15) is 30.0 Å².